The first-order valence-corrected chi connectivity index (χ1v) is 11.1. The smallest absolute Gasteiger partial charge is 0.262 e. The van der Waals surface area contributed by atoms with Gasteiger partial charge in [0.2, 0.25) is 0 Å². The maximum Gasteiger partial charge on any atom is 0.262 e. The summed E-state index contributed by atoms with van der Waals surface area (Å²) in [6.07, 6.45) is 0. The Morgan fingerprint density at radius 1 is 0.767 bits per heavy atom. The second kappa shape index (κ2) is 8.32. The van der Waals surface area contributed by atoms with Crippen LogP contribution in [0.15, 0.2) is 59.5 Å². The predicted molar refractivity (Wildman–Crippen MR) is 122 cm³/mol. The summed E-state index contributed by atoms with van der Waals surface area (Å²) in [6.45, 7) is 9.37. The van der Waals surface area contributed by atoms with Crippen LogP contribution < -0.4 is 10.0 Å². The van der Waals surface area contributed by atoms with E-state index < -0.39 is 10.0 Å². The highest BCUT2D eigenvalue weighted by Gasteiger charge is 2.20. The Bertz CT molecular complexity index is 1230. The minimum absolute atomic E-state index is 0.0806. The lowest BCUT2D eigenvalue weighted by Crippen LogP contribution is -2.18. The molecule has 0 radical (unpaired) electrons. The first-order chi connectivity index (χ1) is 14.1. The van der Waals surface area contributed by atoms with E-state index in [1.165, 1.54) is 6.07 Å². The van der Waals surface area contributed by atoms with Crippen LogP contribution in [0.25, 0.3) is 0 Å². The van der Waals surface area contributed by atoms with E-state index in [2.05, 4.69) is 10.0 Å². The molecule has 0 aliphatic carbocycles. The number of carbonyl (C=O) groups is 1. The summed E-state index contributed by atoms with van der Waals surface area (Å²) in [7, 11) is -3.86. The fourth-order valence-electron chi connectivity index (χ4n) is 3.16. The number of benzene rings is 3. The summed E-state index contributed by atoms with van der Waals surface area (Å²) < 4.78 is 28.8. The molecule has 3 rings (SSSR count). The number of rotatable bonds is 5. The van der Waals surface area contributed by atoms with Crippen molar-refractivity contribution < 1.29 is 13.2 Å². The SMILES string of the molecule is Cc1ccc(C)c(NC(=O)c2ccc(C)c(S(=O)(=O)Nc3cccc(C)c3C)c2)c1. The van der Waals surface area contributed by atoms with Crippen molar-refractivity contribution in [1.82, 2.24) is 0 Å². The maximum atomic E-state index is 13.1. The van der Waals surface area contributed by atoms with Crippen molar-refractivity contribution in [3.05, 3.63) is 88.0 Å². The van der Waals surface area contributed by atoms with Crippen LogP contribution in [0.2, 0.25) is 0 Å². The number of sulfonamides is 1. The topological polar surface area (TPSA) is 75.3 Å². The third-order valence-electron chi connectivity index (χ3n) is 5.23. The molecule has 0 saturated heterocycles. The van der Waals surface area contributed by atoms with Crippen LogP contribution in [0.3, 0.4) is 0 Å². The van der Waals surface area contributed by atoms with Gasteiger partial charge in [-0.2, -0.15) is 0 Å². The lowest BCUT2D eigenvalue weighted by molar-refractivity contribution is 0.102. The van der Waals surface area contributed by atoms with E-state index in [9.17, 15) is 13.2 Å². The fraction of sp³-hybridized carbons (Fsp3) is 0.208. The molecule has 0 spiro atoms. The van der Waals surface area contributed by atoms with Crippen molar-refractivity contribution in [3.63, 3.8) is 0 Å². The van der Waals surface area contributed by atoms with Gasteiger partial charge in [-0.3, -0.25) is 9.52 Å². The van der Waals surface area contributed by atoms with Gasteiger partial charge in [0.25, 0.3) is 15.9 Å². The molecule has 0 bridgehead atoms. The van der Waals surface area contributed by atoms with E-state index in [4.69, 9.17) is 0 Å². The number of carbonyl (C=O) groups excluding carboxylic acids is 1. The molecule has 0 aliphatic rings. The quantitative estimate of drug-likeness (QED) is 0.587. The first-order valence-electron chi connectivity index (χ1n) is 9.67. The summed E-state index contributed by atoms with van der Waals surface area (Å²) in [5.41, 5.74) is 5.90. The summed E-state index contributed by atoms with van der Waals surface area (Å²) >= 11 is 0. The van der Waals surface area contributed by atoms with E-state index in [0.29, 0.717) is 16.9 Å². The third-order valence-corrected chi connectivity index (χ3v) is 6.74. The zero-order valence-corrected chi connectivity index (χ0v) is 18.6. The molecule has 156 valence electrons. The van der Waals surface area contributed by atoms with Crippen LogP contribution in [0.5, 0.6) is 0 Å². The Balaban J connectivity index is 1.93. The van der Waals surface area contributed by atoms with Crippen LogP contribution in [-0.2, 0) is 10.0 Å². The van der Waals surface area contributed by atoms with Gasteiger partial charge in [-0.15, -0.1) is 0 Å². The van der Waals surface area contributed by atoms with E-state index in [-0.39, 0.29) is 16.4 Å². The summed E-state index contributed by atoms with van der Waals surface area (Å²) in [4.78, 5) is 12.9. The van der Waals surface area contributed by atoms with Gasteiger partial charge in [0.15, 0.2) is 0 Å². The third kappa shape index (κ3) is 4.54. The highest BCUT2D eigenvalue weighted by molar-refractivity contribution is 7.92. The monoisotopic (exact) mass is 422 g/mol. The Morgan fingerprint density at radius 3 is 2.20 bits per heavy atom. The first kappa shape index (κ1) is 21.6. The molecule has 0 saturated carbocycles. The van der Waals surface area contributed by atoms with E-state index in [1.807, 2.05) is 52.0 Å². The molecule has 1 amide bonds. The molecular weight excluding hydrogens is 396 g/mol. The molecule has 0 heterocycles. The van der Waals surface area contributed by atoms with Crippen molar-refractivity contribution in [1.29, 1.82) is 0 Å². The molecule has 30 heavy (non-hydrogen) atoms. The van der Waals surface area contributed by atoms with Crippen molar-refractivity contribution in [2.45, 2.75) is 39.5 Å². The molecule has 0 unspecified atom stereocenters. The van der Waals surface area contributed by atoms with Gasteiger partial charge in [-0.1, -0.05) is 30.3 Å². The van der Waals surface area contributed by atoms with E-state index in [0.717, 1.165) is 22.3 Å². The Kier molecular flexibility index (Phi) is 5.99. The van der Waals surface area contributed by atoms with Crippen LogP contribution in [0.4, 0.5) is 11.4 Å². The predicted octanol–water partition coefficient (Wildman–Crippen LogP) is 5.28. The van der Waals surface area contributed by atoms with Crippen LogP contribution in [-0.4, -0.2) is 14.3 Å². The average Bonchev–Trinajstić information content (AvgIpc) is 2.68. The van der Waals surface area contributed by atoms with E-state index >= 15 is 0 Å². The summed E-state index contributed by atoms with van der Waals surface area (Å²) in [5, 5.41) is 2.88. The molecule has 0 aliphatic heterocycles. The number of hydrogen-bond acceptors (Lipinski definition) is 3. The average molecular weight is 423 g/mol. The van der Waals surface area contributed by atoms with Gasteiger partial charge in [0.05, 0.1) is 10.6 Å². The van der Waals surface area contributed by atoms with Crippen molar-refractivity contribution >= 4 is 27.3 Å². The Labute approximate surface area is 178 Å². The number of anilines is 2. The molecule has 6 heteroatoms. The van der Waals surface area contributed by atoms with Crippen molar-refractivity contribution in [2.24, 2.45) is 0 Å². The normalized spacial score (nSPS) is 11.2. The minimum Gasteiger partial charge on any atom is -0.322 e. The Hall–Kier alpha value is -3.12. The lowest BCUT2D eigenvalue weighted by atomic mass is 10.1. The second-order valence-corrected chi connectivity index (χ2v) is 9.26. The van der Waals surface area contributed by atoms with Gasteiger partial charge in [-0.25, -0.2) is 8.42 Å². The highest BCUT2D eigenvalue weighted by atomic mass is 32.2. The number of aryl methyl sites for hydroxylation is 4. The molecule has 0 atom stereocenters. The molecule has 2 N–H and O–H groups in total. The minimum atomic E-state index is -3.86. The van der Waals surface area contributed by atoms with Gasteiger partial charge in [0.1, 0.15) is 0 Å². The molecule has 3 aromatic carbocycles. The molecule has 5 nitrogen and oxygen atoms in total. The molecule has 3 aromatic rings. The van der Waals surface area contributed by atoms with Crippen LogP contribution >= 0.6 is 0 Å². The van der Waals surface area contributed by atoms with Crippen molar-refractivity contribution in [2.75, 3.05) is 10.0 Å². The standard InChI is InChI=1S/C24H26N2O3S/c1-15-9-10-17(3)22(13-15)25-24(27)20-12-11-18(4)23(14-20)30(28,29)26-21-8-6-7-16(2)19(21)5/h6-14,26H,1-5H3,(H,25,27). The van der Waals surface area contributed by atoms with Gasteiger partial charge in [0, 0.05) is 11.3 Å². The summed E-state index contributed by atoms with van der Waals surface area (Å²) in [5.74, 6) is -0.355. The number of nitrogens with one attached hydrogen (secondary N) is 2. The zero-order valence-electron chi connectivity index (χ0n) is 17.8. The molecule has 0 aromatic heterocycles. The Morgan fingerprint density at radius 2 is 1.47 bits per heavy atom. The van der Waals surface area contributed by atoms with Gasteiger partial charge >= 0.3 is 0 Å². The largest absolute Gasteiger partial charge is 0.322 e. The number of hydrogen-bond donors (Lipinski definition) is 2. The zero-order chi connectivity index (χ0) is 22.1. The lowest BCUT2D eigenvalue weighted by Gasteiger charge is -2.15. The van der Waals surface area contributed by atoms with Crippen LogP contribution in [0.1, 0.15) is 38.2 Å². The maximum absolute atomic E-state index is 13.1. The molecule has 0 fully saturated rings. The second-order valence-electron chi connectivity index (χ2n) is 7.61. The van der Waals surface area contributed by atoms with Crippen LogP contribution in [0, 0.1) is 34.6 Å². The fourth-order valence-corrected chi connectivity index (χ4v) is 4.55. The summed E-state index contributed by atoms with van der Waals surface area (Å²) in [6, 6.07) is 16.0. The van der Waals surface area contributed by atoms with Gasteiger partial charge in [-0.05, 0) is 86.7 Å². The van der Waals surface area contributed by atoms with E-state index in [1.54, 1.807) is 31.2 Å². The van der Waals surface area contributed by atoms with Crippen molar-refractivity contribution in [3.8, 4) is 0 Å². The highest BCUT2D eigenvalue weighted by Crippen LogP contribution is 2.25. The number of amides is 1. The van der Waals surface area contributed by atoms with Gasteiger partial charge < -0.3 is 5.32 Å². The molecular formula is C24H26N2O3S.